The van der Waals surface area contributed by atoms with Gasteiger partial charge in [-0.05, 0) is 50.7 Å². The van der Waals surface area contributed by atoms with E-state index in [1.54, 1.807) is 0 Å². The van der Waals surface area contributed by atoms with Crippen LogP contribution in [0.5, 0.6) is 0 Å². The third kappa shape index (κ3) is 4.26. The van der Waals surface area contributed by atoms with Crippen molar-refractivity contribution in [3.8, 4) is 0 Å². The van der Waals surface area contributed by atoms with E-state index in [0.29, 0.717) is 11.9 Å². The van der Waals surface area contributed by atoms with Crippen LogP contribution in [0.15, 0.2) is 29.7 Å². The van der Waals surface area contributed by atoms with Crippen LogP contribution in [0, 0.1) is 0 Å². The molecule has 0 aromatic heterocycles. The van der Waals surface area contributed by atoms with Crippen molar-refractivity contribution < 1.29 is 24.3 Å². The van der Waals surface area contributed by atoms with Gasteiger partial charge >= 0.3 is 13.1 Å². The minimum atomic E-state index is -0.803. The van der Waals surface area contributed by atoms with Crippen molar-refractivity contribution in [1.82, 2.24) is 0 Å². The van der Waals surface area contributed by atoms with Crippen LogP contribution in [0.3, 0.4) is 0 Å². The van der Waals surface area contributed by atoms with Gasteiger partial charge < -0.3 is 19.5 Å². The molecule has 0 radical (unpaired) electrons. The lowest BCUT2D eigenvalue weighted by Gasteiger charge is -2.32. The highest BCUT2D eigenvalue weighted by Crippen LogP contribution is 2.38. The molecule has 0 unspecified atom stereocenters. The van der Waals surface area contributed by atoms with E-state index in [1.165, 1.54) is 0 Å². The van der Waals surface area contributed by atoms with E-state index in [-0.39, 0.29) is 13.0 Å². The second-order valence-electron chi connectivity index (χ2n) is 7.10. The number of aliphatic hydroxyl groups is 1. The zero-order chi connectivity index (χ0) is 18.0. The zero-order valence-corrected chi connectivity index (χ0v) is 14.7. The highest BCUT2D eigenvalue weighted by atomic mass is 16.7. The Bertz CT molecular complexity index is 603. The largest absolute Gasteiger partial charge is 0.492 e. The van der Waals surface area contributed by atoms with Crippen molar-refractivity contribution in [2.24, 2.45) is 0 Å². The normalized spacial score (nSPS) is 19.5. The molecule has 130 valence electrons. The van der Waals surface area contributed by atoms with Crippen LogP contribution in [-0.4, -0.2) is 41.1 Å². The predicted molar refractivity (Wildman–Crippen MR) is 93.5 cm³/mol. The van der Waals surface area contributed by atoms with Crippen LogP contribution < -0.4 is 0 Å². The van der Waals surface area contributed by atoms with E-state index < -0.39 is 24.3 Å². The Kier molecular flexibility index (Phi) is 5.53. The lowest BCUT2D eigenvalue weighted by Crippen LogP contribution is -2.41. The van der Waals surface area contributed by atoms with Gasteiger partial charge in [-0.15, -0.1) is 0 Å². The number of carboxylic acid groups (broad SMARTS) is 1. The van der Waals surface area contributed by atoms with Crippen molar-refractivity contribution in [1.29, 1.82) is 0 Å². The Labute approximate surface area is 143 Å². The summed E-state index contributed by atoms with van der Waals surface area (Å²) in [6.45, 7) is 7.73. The van der Waals surface area contributed by atoms with Crippen molar-refractivity contribution in [3.05, 3.63) is 40.9 Å². The summed E-state index contributed by atoms with van der Waals surface area (Å²) in [5, 5.41) is 18.4. The second kappa shape index (κ2) is 7.09. The second-order valence-corrected chi connectivity index (χ2v) is 7.10. The van der Waals surface area contributed by atoms with Crippen LogP contribution in [0.25, 0.3) is 6.08 Å². The van der Waals surface area contributed by atoms with E-state index in [4.69, 9.17) is 14.4 Å². The van der Waals surface area contributed by atoms with Crippen LogP contribution in [-0.2, 0) is 20.5 Å². The van der Waals surface area contributed by atoms with Gasteiger partial charge in [0.05, 0.1) is 17.8 Å². The topological polar surface area (TPSA) is 76.0 Å². The van der Waals surface area contributed by atoms with Crippen molar-refractivity contribution in [3.63, 3.8) is 0 Å². The molecule has 0 atom stereocenters. The third-order valence-electron chi connectivity index (χ3n) is 4.70. The number of aliphatic hydroxyl groups excluding tert-OH is 1. The maximum atomic E-state index is 10.6. The Morgan fingerprint density at radius 3 is 2.12 bits per heavy atom. The summed E-state index contributed by atoms with van der Waals surface area (Å²) in [6.07, 6.45) is 2.47. The molecule has 1 aliphatic rings. The fourth-order valence-corrected chi connectivity index (χ4v) is 2.43. The summed E-state index contributed by atoms with van der Waals surface area (Å²) in [7, 11) is -0.577. The Balaban J connectivity index is 2.12. The molecule has 1 aliphatic heterocycles. The Morgan fingerprint density at radius 2 is 1.67 bits per heavy atom. The summed E-state index contributed by atoms with van der Waals surface area (Å²) in [5.74, 6) is -0.803. The standard InChI is InChI=1S/C18H25BO5/c1-17(2)18(3,4)24-19(23-17)15(12-20)11-14-7-5-13(6-8-14)9-10-16(21)22/h5-8,11,20H,9-10,12H2,1-4H3,(H,21,22). The number of carboxylic acids is 1. The Hall–Kier alpha value is -1.63. The summed E-state index contributed by atoms with van der Waals surface area (Å²) in [5.41, 5.74) is 1.63. The fraction of sp³-hybridized carbons (Fsp3) is 0.500. The van der Waals surface area contributed by atoms with Gasteiger partial charge in [0.2, 0.25) is 0 Å². The summed E-state index contributed by atoms with van der Waals surface area (Å²) < 4.78 is 11.9. The highest BCUT2D eigenvalue weighted by Gasteiger charge is 2.52. The maximum Gasteiger partial charge on any atom is 0.492 e. The first-order valence-electron chi connectivity index (χ1n) is 8.12. The molecule has 0 spiro atoms. The van der Waals surface area contributed by atoms with Crippen LogP contribution in [0.1, 0.15) is 45.2 Å². The summed E-state index contributed by atoms with van der Waals surface area (Å²) in [4.78, 5) is 10.6. The molecule has 1 saturated heterocycles. The van der Waals surface area contributed by atoms with Gasteiger partial charge in [-0.2, -0.15) is 0 Å². The third-order valence-corrected chi connectivity index (χ3v) is 4.70. The number of hydrogen-bond acceptors (Lipinski definition) is 4. The molecular formula is C18H25BO5. The minimum Gasteiger partial charge on any atom is -0.481 e. The highest BCUT2D eigenvalue weighted by molar-refractivity contribution is 6.55. The van der Waals surface area contributed by atoms with Gasteiger partial charge in [-0.25, -0.2) is 0 Å². The van der Waals surface area contributed by atoms with Crippen LogP contribution in [0.4, 0.5) is 0 Å². The average Bonchev–Trinajstić information content (AvgIpc) is 2.72. The first-order valence-corrected chi connectivity index (χ1v) is 8.12. The molecule has 0 saturated carbocycles. The van der Waals surface area contributed by atoms with E-state index in [2.05, 4.69) is 0 Å². The molecule has 24 heavy (non-hydrogen) atoms. The molecule has 1 fully saturated rings. The van der Waals surface area contributed by atoms with Gasteiger partial charge in [-0.3, -0.25) is 4.79 Å². The van der Waals surface area contributed by atoms with Gasteiger partial charge in [0, 0.05) is 6.42 Å². The number of carbonyl (C=O) groups is 1. The molecule has 1 heterocycles. The molecule has 0 aliphatic carbocycles. The van der Waals surface area contributed by atoms with Crippen LogP contribution >= 0.6 is 0 Å². The van der Waals surface area contributed by atoms with Gasteiger partial charge in [0.15, 0.2) is 0 Å². The molecule has 5 nitrogen and oxygen atoms in total. The quantitative estimate of drug-likeness (QED) is 0.784. The summed E-state index contributed by atoms with van der Waals surface area (Å²) in [6, 6.07) is 7.60. The van der Waals surface area contributed by atoms with Crippen molar-refractivity contribution >= 4 is 19.2 Å². The van der Waals surface area contributed by atoms with Crippen molar-refractivity contribution in [2.75, 3.05) is 6.61 Å². The van der Waals surface area contributed by atoms with E-state index in [1.807, 2.05) is 58.0 Å². The van der Waals surface area contributed by atoms with E-state index in [9.17, 15) is 9.90 Å². The lowest BCUT2D eigenvalue weighted by molar-refractivity contribution is -0.136. The first kappa shape index (κ1) is 18.7. The molecule has 2 N–H and O–H groups in total. The average molecular weight is 332 g/mol. The molecule has 0 bridgehead atoms. The SMILES string of the molecule is CC1(C)OB(C(=Cc2ccc(CCC(=O)O)cc2)CO)OC1(C)C. The van der Waals surface area contributed by atoms with Crippen LogP contribution in [0.2, 0.25) is 0 Å². The molecule has 1 aromatic carbocycles. The maximum absolute atomic E-state index is 10.6. The summed E-state index contributed by atoms with van der Waals surface area (Å²) >= 11 is 0. The number of benzene rings is 1. The number of rotatable bonds is 6. The van der Waals surface area contributed by atoms with Crippen molar-refractivity contribution in [2.45, 2.75) is 51.7 Å². The predicted octanol–water partition coefficient (Wildman–Crippen LogP) is 2.71. The monoisotopic (exact) mass is 332 g/mol. The number of aryl methyl sites for hydroxylation is 1. The van der Waals surface area contributed by atoms with Gasteiger partial charge in [-0.1, -0.05) is 30.3 Å². The van der Waals surface area contributed by atoms with Gasteiger partial charge in [0.1, 0.15) is 0 Å². The Morgan fingerprint density at radius 1 is 1.12 bits per heavy atom. The molecule has 2 rings (SSSR count). The molecule has 0 amide bonds. The van der Waals surface area contributed by atoms with E-state index >= 15 is 0 Å². The minimum absolute atomic E-state index is 0.116. The molecule has 1 aromatic rings. The fourth-order valence-electron chi connectivity index (χ4n) is 2.43. The molecular weight excluding hydrogens is 307 g/mol. The smallest absolute Gasteiger partial charge is 0.481 e. The zero-order valence-electron chi connectivity index (χ0n) is 14.7. The lowest BCUT2D eigenvalue weighted by atomic mass is 9.77. The molecule has 6 heteroatoms. The van der Waals surface area contributed by atoms with E-state index in [0.717, 1.165) is 11.1 Å². The number of hydrogen-bond donors (Lipinski definition) is 2. The first-order chi connectivity index (χ1) is 11.1. The number of aliphatic carboxylic acids is 1. The van der Waals surface area contributed by atoms with Gasteiger partial charge in [0.25, 0.3) is 0 Å².